The quantitative estimate of drug-likeness (QED) is 0.744. The van der Waals surface area contributed by atoms with E-state index in [2.05, 4.69) is 6.92 Å². The van der Waals surface area contributed by atoms with Crippen LogP contribution in [0, 0.1) is 17.3 Å². The second-order valence-electron chi connectivity index (χ2n) is 6.44. The first-order valence-corrected chi connectivity index (χ1v) is 7.75. The standard InChI is InChI=1S/C16H24O5/c1-4-20-15(19)14(21-10(2)17)11-7-9-16(3)8-5-6-12(18)13(11)16/h11,13-14H,4-9H2,1-3H3/t11-,13-,14-,16-/m0/s1. The van der Waals surface area contributed by atoms with Crippen molar-refractivity contribution in [3.8, 4) is 0 Å². The number of ketones is 1. The Morgan fingerprint density at radius 2 is 2.10 bits per heavy atom. The normalized spacial score (nSPS) is 33.2. The first-order valence-electron chi connectivity index (χ1n) is 7.75. The van der Waals surface area contributed by atoms with Crippen LogP contribution in [0.2, 0.25) is 0 Å². The topological polar surface area (TPSA) is 69.7 Å². The van der Waals surface area contributed by atoms with Crippen molar-refractivity contribution in [1.29, 1.82) is 0 Å². The van der Waals surface area contributed by atoms with Gasteiger partial charge in [0, 0.05) is 25.2 Å². The van der Waals surface area contributed by atoms with E-state index in [1.165, 1.54) is 6.92 Å². The third-order valence-electron chi connectivity index (χ3n) is 4.95. The highest BCUT2D eigenvalue weighted by Gasteiger charge is 2.55. The van der Waals surface area contributed by atoms with E-state index in [9.17, 15) is 14.4 Å². The van der Waals surface area contributed by atoms with Crippen molar-refractivity contribution in [3.05, 3.63) is 0 Å². The molecular weight excluding hydrogens is 272 g/mol. The van der Waals surface area contributed by atoms with E-state index in [1.54, 1.807) is 6.92 Å². The Morgan fingerprint density at radius 3 is 2.71 bits per heavy atom. The molecule has 21 heavy (non-hydrogen) atoms. The number of carbonyl (C=O) groups is 3. The predicted molar refractivity (Wildman–Crippen MR) is 75.4 cm³/mol. The van der Waals surface area contributed by atoms with Crippen molar-refractivity contribution in [2.45, 2.75) is 59.0 Å². The molecule has 4 atom stereocenters. The van der Waals surface area contributed by atoms with Gasteiger partial charge in [0.1, 0.15) is 5.78 Å². The van der Waals surface area contributed by atoms with Crippen LogP contribution < -0.4 is 0 Å². The van der Waals surface area contributed by atoms with Gasteiger partial charge in [-0.15, -0.1) is 0 Å². The number of ether oxygens (including phenoxy) is 2. The minimum atomic E-state index is -0.948. The maximum Gasteiger partial charge on any atom is 0.347 e. The van der Waals surface area contributed by atoms with Crippen LogP contribution in [0.25, 0.3) is 0 Å². The molecular formula is C16H24O5. The van der Waals surface area contributed by atoms with Crippen LogP contribution >= 0.6 is 0 Å². The molecule has 2 rings (SSSR count). The second kappa shape index (κ2) is 6.16. The van der Waals surface area contributed by atoms with Crippen molar-refractivity contribution in [2.24, 2.45) is 17.3 Å². The fourth-order valence-corrected chi connectivity index (χ4v) is 4.10. The number of esters is 2. The Kier molecular flexibility index (Phi) is 4.69. The zero-order chi connectivity index (χ0) is 15.6. The Morgan fingerprint density at radius 1 is 1.38 bits per heavy atom. The smallest absolute Gasteiger partial charge is 0.347 e. The van der Waals surface area contributed by atoms with Crippen molar-refractivity contribution in [3.63, 3.8) is 0 Å². The SMILES string of the molecule is CCOC(=O)[C@@H](OC(C)=O)[C@H]1CC[C@]2(C)CCCC(=O)[C@H]12. The molecule has 0 radical (unpaired) electrons. The minimum Gasteiger partial charge on any atom is -0.463 e. The molecule has 2 saturated carbocycles. The summed E-state index contributed by atoms with van der Waals surface area (Å²) in [6.45, 7) is 5.35. The molecule has 2 fully saturated rings. The van der Waals surface area contributed by atoms with Gasteiger partial charge in [0.15, 0.2) is 0 Å². The van der Waals surface area contributed by atoms with E-state index in [0.29, 0.717) is 6.42 Å². The van der Waals surface area contributed by atoms with Crippen LogP contribution in [0.1, 0.15) is 52.9 Å². The van der Waals surface area contributed by atoms with Gasteiger partial charge in [0.2, 0.25) is 6.10 Å². The molecule has 0 heterocycles. The van der Waals surface area contributed by atoms with Gasteiger partial charge < -0.3 is 9.47 Å². The lowest BCUT2D eigenvalue weighted by Crippen LogP contribution is -2.44. The number of hydrogen-bond acceptors (Lipinski definition) is 5. The number of Topliss-reactive ketones (excluding diaryl/α,β-unsaturated/α-hetero) is 1. The van der Waals surface area contributed by atoms with Gasteiger partial charge in [0.05, 0.1) is 6.61 Å². The first-order chi connectivity index (χ1) is 9.89. The molecule has 2 aliphatic rings. The zero-order valence-corrected chi connectivity index (χ0v) is 13.0. The summed E-state index contributed by atoms with van der Waals surface area (Å²) in [5.41, 5.74) is -0.0646. The van der Waals surface area contributed by atoms with Crippen LogP contribution in [0.15, 0.2) is 0 Å². The fraction of sp³-hybridized carbons (Fsp3) is 0.812. The van der Waals surface area contributed by atoms with Crippen LogP contribution in [0.3, 0.4) is 0 Å². The summed E-state index contributed by atoms with van der Waals surface area (Å²) in [5.74, 6) is -1.27. The molecule has 5 nitrogen and oxygen atoms in total. The Balaban J connectivity index is 2.25. The predicted octanol–water partition coefficient (Wildman–Crippen LogP) is 2.27. The molecule has 0 aromatic rings. The van der Waals surface area contributed by atoms with E-state index >= 15 is 0 Å². The highest BCUT2D eigenvalue weighted by molar-refractivity contribution is 5.85. The molecule has 0 spiro atoms. The molecule has 2 aliphatic carbocycles. The van der Waals surface area contributed by atoms with Gasteiger partial charge in [-0.25, -0.2) is 4.79 Å². The van der Waals surface area contributed by atoms with Gasteiger partial charge in [-0.1, -0.05) is 6.92 Å². The molecule has 0 saturated heterocycles. The fourth-order valence-electron chi connectivity index (χ4n) is 4.10. The van der Waals surface area contributed by atoms with E-state index in [1.807, 2.05) is 0 Å². The molecule has 0 aromatic heterocycles. The Labute approximate surface area is 125 Å². The van der Waals surface area contributed by atoms with E-state index in [-0.39, 0.29) is 29.6 Å². The molecule has 0 amide bonds. The third-order valence-corrected chi connectivity index (χ3v) is 4.95. The highest BCUT2D eigenvalue weighted by Crippen LogP contribution is 2.54. The van der Waals surface area contributed by atoms with Gasteiger partial charge in [0.25, 0.3) is 0 Å². The van der Waals surface area contributed by atoms with Crippen LogP contribution in [-0.4, -0.2) is 30.4 Å². The second-order valence-corrected chi connectivity index (χ2v) is 6.44. The average Bonchev–Trinajstić information content (AvgIpc) is 2.75. The summed E-state index contributed by atoms with van der Waals surface area (Å²) in [6, 6.07) is 0. The maximum absolute atomic E-state index is 12.4. The van der Waals surface area contributed by atoms with Gasteiger partial charge in [-0.3, -0.25) is 9.59 Å². The summed E-state index contributed by atoms with van der Waals surface area (Å²) >= 11 is 0. The summed E-state index contributed by atoms with van der Waals surface area (Å²) in [6.07, 6.45) is 3.14. The first kappa shape index (κ1) is 16.0. The maximum atomic E-state index is 12.4. The number of hydrogen-bond donors (Lipinski definition) is 0. The number of carbonyl (C=O) groups excluding carboxylic acids is 3. The van der Waals surface area contributed by atoms with Gasteiger partial charge in [-0.2, -0.15) is 0 Å². The molecule has 0 unspecified atom stereocenters. The molecule has 0 N–H and O–H groups in total. The summed E-state index contributed by atoms with van der Waals surface area (Å²) in [4.78, 5) is 35.8. The molecule has 0 bridgehead atoms. The summed E-state index contributed by atoms with van der Waals surface area (Å²) in [7, 11) is 0. The van der Waals surface area contributed by atoms with E-state index in [0.717, 1.165) is 25.7 Å². The van der Waals surface area contributed by atoms with Crippen molar-refractivity contribution < 1.29 is 23.9 Å². The van der Waals surface area contributed by atoms with Gasteiger partial charge in [-0.05, 0) is 38.0 Å². The molecule has 0 aromatic carbocycles. The summed E-state index contributed by atoms with van der Waals surface area (Å²) in [5, 5.41) is 0. The average molecular weight is 296 g/mol. The number of rotatable bonds is 4. The van der Waals surface area contributed by atoms with E-state index < -0.39 is 18.0 Å². The lowest BCUT2D eigenvalue weighted by Gasteiger charge is -2.38. The Hall–Kier alpha value is -1.39. The largest absolute Gasteiger partial charge is 0.463 e. The molecule has 5 heteroatoms. The van der Waals surface area contributed by atoms with Crippen LogP contribution in [0.5, 0.6) is 0 Å². The monoisotopic (exact) mass is 296 g/mol. The van der Waals surface area contributed by atoms with Crippen LogP contribution in [0.4, 0.5) is 0 Å². The third kappa shape index (κ3) is 3.11. The van der Waals surface area contributed by atoms with Crippen molar-refractivity contribution >= 4 is 17.7 Å². The van der Waals surface area contributed by atoms with Crippen LogP contribution in [-0.2, 0) is 23.9 Å². The molecule has 118 valence electrons. The highest BCUT2D eigenvalue weighted by atomic mass is 16.6. The van der Waals surface area contributed by atoms with Crippen molar-refractivity contribution in [1.82, 2.24) is 0 Å². The number of fused-ring (bicyclic) bond motifs is 1. The van der Waals surface area contributed by atoms with Gasteiger partial charge >= 0.3 is 11.9 Å². The van der Waals surface area contributed by atoms with E-state index in [4.69, 9.17) is 9.47 Å². The Bertz CT molecular complexity index is 444. The minimum absolute atomic E-state index is 0.0646. The lowest BCUT2D eigenvalue weighted by atomic mass is 9.66. The lowest BCUT2D eigenvalue weighted by molar-refractivity contribution is -0.173. The molecule has 0 aliphatic heterocycles. The van der Waals surface area contributed by atoms with Crippen molar-refractivity contribution in [2.75, 3.05) is 6.61 Å². The zero-order valence-electron chi connectivity index (χ0n) is 13.0. The summed E-state index contributed by atoms with van der Waals surface area (Å²) < 4.78 is 10.3.